The van der Waals surface area contributed by atoms with E-state index in [9.17, 15) is 4.79 Å². The maximum atomic E-state index is 10.8. The van der Waals surface area contributed by atoms with Crippen LogP contribution in [0, 0.1) is 0 Å². The number of aromatic nitrogens is 3. The summed E-state index contributed by atoms with van der Waals surface area (Å²) in [5, 5.41) is 8.86. The predicted octanol–water partition coefficient (Wildman–Crippen LogP) is 1.17. The fourth-order valence-electron chi connectivity index (χ4n) is 1.22. The number of carbonyl (C=O) groups is 1. The van der Waals surface area contributed by atoms with Crippen molar-refractivity contribution in [2.45, 2.75) is 0 Å². The van der Waals surface area contributed by atoms with E-state index in [0.717, 1.165) is 0 Å². The van der Waals surface area contributed by atoms with E-state index in [1.54, 1.807) is 18.6 Å². The molecular formula is C9H7N3O2. The molecule has 0 saturated carbocycles. The Labute approximate surface area is 79.5 Å². The Morgan fingerprint density at radius 1 is 1.29 bits per heavy atom. The average molecular weight is 189 g/mol. The van der Waals surface area contributed by atoms with Gasteiger partial charge in [-0.15, -0.1) is 0 Å². The number of aromatic carboxylic acids is 1. The highest BCUT2D eigenvalue weighted by molar-refractivity contribution is 5.95. The van der Waals surface area contributed by atoms with Crippen LogP contribution in [0.15, 0.2) is 31.1 Å². The van der Waals surface area contributed by atoms with E-state index in [4.69, 9.17) is 5.11 Å². The number of rotatable bonds is 2. The van der Waals surface area contributed by atoms with Gasteiger partial charge in [0.2, 0.25) is 0 Å². The van der Waals surface area contributed by atoms with Crippen molar-refractivity contribution >= 4 is 5.97 Å². The SMILES string of the molecule is O=C(O)c1c[nH]cc1-c1cncnc1. The molecule has 0 aromatic carbocycles. The third kappa shape index (κ3) is 1.35. The quantitative estimate of drug-likeness (QED) is 0.743. The van der Waals surface area contributed by atoms with Crippen LogP contribution in [0.4, 0.5) is 0 Å². The molecule has 0 aliphatic carbocycles. The van der Waals surface area contributed by atoms with Gasteiger partial charge >= 0.3 is 5.97 Å². The van der Waals surface area contributed by atoms with Gasteiger partial charge in [-0.1, -0.05) is 0 Å². The average Bonchev–Trinajstić information content (AvgIpc) is 2.67. The van der Waals surface area contributed by atoms with E-state index in [-0.39, 0.29) is 5.56 Å². The van der Waals surface area contributed by atoms with Gasteiger partial charge in [0, 0.05) is 35.9 Å². The van der Waals surface area contributed by atoms with Gasteiger partial charge in [0.05, 0.1) is 5.56 Å². The summed E-state index contributed by atoms with van der Waals surface area (Å²) >= 11 is 0. The van der Waals surface area contributed by atoms with Crippen LogP contribution in [0.25, 0.3) is 11.1 Å². The van der Waals surface area contributed by atoms with Gasteiger partial charge in [-0.05, 0) is 0 Å². The second-order valence-corrected chi connectivity index (χ2v) is 2.71. The molecule has 5 nitrogen and oxygen atoms in total. The Kier molecular flexibility index (Phi) is 1.98. The van der Waals surface area contributed by atoms with Crippen molar-refractivity contribution in [1.82, 2.24) is 15.0 Å². The molecule has 2 aromatic rings. The molecule has 14 heavy (non-hydrogen) atoms. The van der Waals surface area contributed by atoms with Gasteiger partial charge < -0.3 is 10.1 Å². The van der Waals surface area contributed by atoms with Crippen molar-refractivity contribution in [1.29, 1.82) is 0 Å². The van der Waals surface area contributed by atoms with E-state index in [1.165, 1.54) is 12.5 Å². The Morgan fingerprint density at radius 3 is 2.64 bits per heavy atom. The normalized spacial score (nSPS) is 10.0. The number of H-pyrrole nitrogens is 1. The maximum absolute atomic E-state index is 10.8. The third-order valence-electron chi connectivity index (χ3n) is 1.85. The summed E-state index contributed by atoms with van der Waals surface area (Å²) in [6.07, 6.45) is 7.59. The number of aromatic amines is 1. The minimum atomic E-state index is -0.967. The van der Waals surface area contributed by atoms with Crippen LogP contribution in [0.3, 0.4) is 0 Å². The van der Waals surface area contributed by atoms with E-state index in [0.29, 0.717) is 11.1 Å². The minimum Gasteiger partial charge on any atom is -0.478 e. The molecule has 0 amide bonds. The van der Waals surface area contributed by atoms with Crippen LogP contribution >= 0.6 is 0 Å². The Bertz CT molecular complexity index is 450. The topological polar surface area (TPSA) is 78.9 Å². The number of nitrogens with zero attached hydrogens (tertiary/aromatic N) is 2. The lowest BCUT2D eigenvalue weighted by atomic mass is 10.1. The Balaban J connectivity index is 2.52. The standard InChI is InChI=1S/C9H7N3O2/c13-9(14)8-4-10-3-7(8)6-1-11-5-12-2-6/h1-5,10H,(H,13,14). The maximum Gasteiger partial charge on any atom is 0.337 e. The largest absolute Gasteiger partial charge is 0.478 e. The van der Waals surface area contributed by atoms with E-state index < -0.39 is 5.97 Å². The van der Waals surface area contributed by atoms with Crippen molar-refractivity contribution in [3.8, 4) is 11.1 Å². The smallest absolute Gasteiger partial charge is 0.337 e. The molecular weight excluding hydrogens is 182 g/mol. The fourth-order valence-corrected chi connectivity index (χ4v) is 1.22. The van der Waals surface area contributed by atoms with Crippen molar-refractivity contribution < 1.29 is 9.90 Å². The second-order valence-electron chi connectivity index (χ2n) is 2.71. The molecule has 0 atom stereocenters. The molecule has 0 fully saturated rings. The summed E-state index contributed by atoms with van der Waals surface area (Å²) in [5.41, 5.74) is 1.50. The molecule has 2 N–H and O–H groups in total. The van der Waals surface area contributed by atoms with E-state index in [2.05, 4.69) is 15.0 Å². The van der Waals surface area contributed by atoms with Crippen molar-refractivity contribution in [3.05, 3.63) is 36.7 Å². The molecule has 70 valence electrons. The van der Waals surface area contributed by atoms with Crippen LogP contribution in [-0.4, -0.2) is 26.0 Å². The first kappa shape index (κ1) is 8.43. The molecule has 2 aromatic heterocycles. The molecule has 0 spiro atoms. The molecule has 5 heteroatoms. The summed E-state index contributed by atoms with van der Waals surface area (Å²) < 4.78 is 0. The lowest BCUT2D eigenvalue weighted by molar-refractivity contribution is 0.0698. The van der Waals surface area contributed by atoms with Crippen LogP contribution in [0.1, 0.15) is 10.4 Å². The molecule has 0 saturated heterocycles. The lowest BCUT2D eigenvalue weighted by Gasteiger charge is -1.97. The first-order valence-electron chi connectivity index (χ1n) is 3.94. The molecule has 2 rings (SSSR count). The number of carboxylic acid groups (broad SMARTS) is 1. The summed E-state index contributed by atoms with van der Waals surface area (Å²) in [7, 11) is 0. The van der Waals surface area contributed by atoms with Gasteiger partial charge in [-0.2, -0.15) is 0 Å². The number of hydrogen-bond donors (Lipinski definition) is 2. The van der Waals surface area contributed by atoms with Crippen LogP contribution in [0.2, 0.25) is 0 Å². The zero-order valence-corrected chi connectivity index (χ0v) is 7.14. The highest BCUT2D eigenvalue weighted by atomic mass is 16.4. The van der Waals surface area contributed by atoms with Crippen LogP contribution in [-0.2, 0) is 0 Å². The summed E-state index contributed by atoms with van der Waals surface area (Å²) in [6, 6.07) is 0. The van der Waals surface area contributed by atoms with Gasteiger partial charge in [0.1, 0.15) is 6.33 Å². The van der Waals surface area contributed by atoms with Crippen molar-refractivity contribution in [2.75, 3.05) is 0 Å². The zero-order valence-electron chi connectivity index (χ0n) is 7.14. The molecule has 0 radical (unpaired) electrons. The van der Waals surface area contributed by atoms with Crippen molar-refractivity contribution in [2.24, 2.45) is 0 Å². The number of hydrogen-bond acceptors (Lipinski definition) is 3. The van der Waals surface area contributed by atoms with Gasteiger partial charge in [0.15, 0.2) is 0 Å². The molecule has 0 unspecified atom stereocenters. The molecule has 0 bridgehead atoms. The Hall–Kier alpha value is -2.17. The summed E-state index contributed by atoms with van der Waals surface area (Å²) in [6.45, 7) is 0. The van der Waals surface area contributed by atoms with E-state index in [1.807, 2.05) is 0 Å². The molecule has 2 heterocycles. The van der Waals surface area contributed by atoms with E-state index >= 15 is 0 Å². The van der Waals surface area contributed by atoms with Crippen LogP contribution < -0.4 is 0 Å². The lowest BCUT2D eigenvalue weighted by Crippen LogP contribution is -1.96. The monoisotopic (exact) mass is 189 g/mol. The van der Waals surface area contributed by atoms with Crippen molar-refractivity contribution in [3.63, 3.8) is 0 Å². The fraction of sp³-hybridized carbons (Fsp3) is 0. The highest BCUT2D eigenvalue weighted by Crippen LogP contribution is 2.21. The summed E-state index contributed by atoms with van der Waals surface area (Å²) in [5.74, 6) is -0.967. The van der Waals surface area contributed by atoms with Gasteiger partial charge in [-0.3, -0.25) is 0 Å². The third-order valence-corrected chi connectivity index (χ3v) is 1.85. The summed E-state index contributed by atoms with van der Waals surface area (Å²) in [4.78, 5) is 21.2. The minimum absolute atomic E-state index is 0.222. The van der Waals surface area contributed by atoms with Gasteiger partial charge in [0.25, 0.3) is 0 Å². The Morgan fingerprint density at radius 2 is 2.00 bits per heavy atom. The first-order valence-corrected chi connectivity index (χ1v) is 3.94. The predicted molar refractivity (Wildman–Crippen MR) is 48.8 cm³/mol. The number of nitrogens with one attached hydrogen (secondary N) is 1. The molecule has 0 aliphatic heterocycles. The molecule has 0 aliphatic rings. The number of carboxylic acids is 1. The van der Waals surface area contributed by atoms with Crippen LogP contribution in [0.5, 0.6) is 0 Å². The first-order chi connectivity index (χ1) is 6.79. The zero-order chi connectivity index (χ0) is 9.97. The van der Waals surface area contributed by atoms with Gasteiger partial charge in [-0.25, -0.2) is 14.8 Å². The second kappa shape index (κ2) is 3.29. The highest BCUT2D eigenvalue weighted by Gasteiger charge is 2.12.